The molecule has 10 heteroatoms. The second-order valence-electron chi connectivity index (χ2n) is 6.03. The van der Waals surface area contributed by atoms with Crippen LogP contribution in [0.5, 0.6) is 0 Å². The first-order chi connectivity index (χ1) is 11.9. The number of aromatic nitrogens is 2. The molecule has 0 saturated heterocycles. The molecule has 1 N–H and O–H groups in total. The number of aryl methyl sites for hydroxylation is 1. The van der Waals surface area contributed by atoms with E-state index in [1.807, 2.05) is 0 Å². The number of rotatable bonds is 6. The lowest BCUT2D eigenvalue weighted by molar-refractivity contribution is -0.141. The van der Waals surface area contributed by atoms with E-state index >= 15 is 0 Å². The topological polar surface area (TPSA) is 75.2 Å². The molecule has 6 nitrogen and oxygen atoms in total. The average Bonchev–Trinajstić information content (AvgIpc) is 2.52. The van der Waals surface area contributed by atoms with Gasteiger partial charge in [0, 0.05) is 32.1 Å². The van der Waals surface area contributed by atoms with Gasteiger partial charge in [-0.25, -0.2) is 13.4 Å². The number of benzene rings is 1. The highest BCUT2D eigenvalue weighted by Gasteiger charge is 2.34. The van der Waals surface area contributed by atoms with Crippen LogP contribution in [-0.4, -0.2) is 44.5 Å². The van der Waals surface area contributed by atoms with Crippen LogP contribution in [0.2, 0.25) is 0 Å². The summed E-state index contributed by atoms with van der Waals surface area (Å²) in [7, 11) is 0.113. The summed E-state index contributed by atoms with van der Waals surface area (Å²) in [6.07, 6.45) is -3.06. The SMILES string of the molecule is CN(C)c1cc(C(F)(F)F)nc(Nc2ccc(CCS(C)(=O)=O)cc2)n1. The van der Waals surface area contributed by atoms with E-state index in [0.717, 1.165) is 17.9 Å². The molecule has 1 aromatic heterocycles. The molecule has 0 aliphatic heterocycles. The van der Waals surface area contributed by atoms with E-state index < -0.39 is 21.7 Å². The Morgan fingerprint density at radius 2 is 1.73 bits per heavy atom. The van der Waals surface area contributed by atoms with Gasteiger partial charge < -0.3 is 10.2 Å². The van der Waals surface area contributed by atoms with Crippen LogP contribution >= 0.6 is 0 Å². The number of alkyl halides is 3. The minimum Gasteiger partial charge on any atom is -0.363 e. The predicted octanol–water partition coefficient (Wildman–Crippen LogP) is 2.89. The number of hydrogen-bond donors (Lipinski definition) is 1. The molecule has 0 radical (unpaired) electrons. The first-order valence-corrected chi connectivity index (χ1v) is 9.67. The standard InChI is InChI=1S/C16H19F3N4O2S/c1-23(2)14-10-13(16(17,18)19)21-15(22-14)20-12-6-4-11(5-7-12)8-9-26(3,24)25/h4-7,10H,8-9H2,1-3H3,(H,20,21,22). The molecule has 142 valence electrons. The van der Waals surface area contributed by atoms with Crippen LogP contribution in [0.25, 0.3) is 0 Å². The normalized spacial score (nSPS) is 12.1. The molecule has 0 bridgehead atoms. The van der Waals surface area contributed by atoms with Gasteiger partial charge in [-0.2, -0.15) is 18.2 Å². The Morgan fingerprint density at radius 1 is 1.12 bits per heavy atom. The molecule has 0 aliphatic rings. The fraction of sp³-hybridized carbons (Fsp3) is 0.375. The Kier molecular flexibility index (Phi) is 5.74. The van der Waals surface area contributed by atoms with E-state index in [4.69, 9.17) is 0 Å². The third kappa shape index (κ3) is 5.87. The van der Waals surface area contributed by atoms with Crippen LogP contribution in [0.3, 0.4) is 0 Å². The molecule has 1 aromatic carbocycles. The van der Waals surface area contributed by atoms with Crippen molar-refractivity contribution < 1.29 is 21.6 Å². The first kappa shape index (κ1) is 20.0. The zero-order chi connectivity index (χ0) is 19.5. The van der Waals surface area contributed by atoms with Gasteiger partial charge in [0.15, 0.2) is 5.69 Å². The average molecular weight is 388 g/mol. The number of anilines is 3. The second kappa shape index (κ2) is 7.48. The molecule has 0 fully saturated rings. The molecule has 0 atom stereocenters. The van der Waals surface area contributed by atoms with Crippen molar-refractivity contribution in [1.82, 2.24) is 9.97 Å². The molecule has 26 heavy (non-hydrogen) atoms. The Balaban J connectivity index is 2.21. The van der Waals surface area contributed by atoms with E-state index in [9.17, 15) is 21.6 Å². The number of hydrogen-bond acceptors (Lipinski definition) is 6. The number of sulfone groups is 1. The van der Waals surface area contributed by atoms with Gasteiger partial charge >= 0.3 is 6.18 Å². The highest BCUT2D eigenvalue weighted by atomic mass is 32.2. The summed E-state index contributed by atoms with van der Waals surface area (Å²) < 4.78 is 61.4. The van der Waals surface area contributed by atoms with Gasteiger partial charge in [-0.3, -0.25) is 0 Å². The van der Waals surface area contributed by atoms with Crippen molar-refractivity contribution in [2.45, 2.75) is 12.6 Å². The van der Waals surface area contributed by atoms with Crippen molar-refractivity contribution in [2.75, 3.05) is 36.3 Å². The van der Waals surface area contributed by atoms with Gasteiger partial charge in [0.25, 0.3) is 0 Å². The van der Waals surface area contributed by atoms with Crippen molar-refractivity contribution >= 4 is 27.3 Å². The summed E-state index contributed by atoms with van der Waals surface area (Å²) in [5, 5.41) is 2.74. The lowest BCUT2D eigenvalue weighted by Gasteiger charge is -2.16. The molecule has 0 aliphatic carbocycles. The molecule has 0 unspecified atom stereocenters. The first-order valence-electron chi connectivity index (χ1n) is 7.61. The lowest BCUT2D eigenvalue weighted by Crippen LogP contribution is -2.16. The highest BCUT2D eigenvalue weighted by Crippen LogP contribution is 2.30. The van der Waals surface area contributed by atoms with Crippen LogP contribution in [0.15, 0.2) is 30.3 Å². The van der Waals surface area contributed by atoms with E-state index in [2.05, 4.69) is 15.3 Å². The fourth-order valence-electron chi connectivity index (χ4n) is 2.05. The van der Waals surface area contributed by atoms with Crippen LogP contribution in [0.4, 0.5) is 30.6 Å². The quantitative estimate of drug-likeness (QED) is 0.820. The van der Waals surface area contributed by atoms with E-state index in [1.54, 1.807) is 38.4 Å². The fourth-order valence-corrected chi connectivity index (χ4v) is 2.66. The Bertz CT molecular complexity index is 866. The molecule has 0 spiro atoms. The molecule has 2 aromatic rings. The maximum Gasteiger partial charge on any atom is 0.433 e. The lowest BCUT2D eigenvalue weighted by atomic mass is 10.1. The van der Waals surface area contributed by atoms with Crippen molar-refractivity contribution in [3.63, 3.8) is 0 Å². The van der Waals surface area contributed by atoms with Gasteiger partial charge in [-0.05, 0) is 24.1 Å². The molecule has 0 saturated carbocycles. The summed E-state index contributed by atoms with van der Waals surface area (Å²) in [6.45, 7) is 0. The Morgan fingerprint density at radius 3 is 2.23 bits per heavy atom. The van der Waals surface area contributed by atoms with E-state index in [0.29, 0.717) is 12.1 Å². The van der Waals surface area contributed by atoms with Crippen molar-refractivity contribution in [1.29, 1.82) is 0 Å². The Labute approximate surface area is 150 Å². The van der Waals surface area contributed by atoms with Gasteiger partial charge in [-0.1, -0.05) is 12.1 Å². The molecular weight excluding hydrogens is 369 g/mol. The van der Waals surface area contributed by atoms with Crippen molar-refractivity contribution in [3.8, 4) is 0 Å². The maximum atomic E-state index is 13.0. The number of nitrogens with one attached hydrogen (secondary N) is 1. The van der Waals surface area contributed by atoms with Crippen LogP contribution in [0, 0.1) is 0 Å². The highest BCUT2D eigenvalue weighted by molar-refractivity contribution is 7.90. The smallest absolute Gasteiger partial charge is 0.363 e. The monoisotopic (exact) mass is 388 g/mol. The zero-order valence-electron chi connectivity index (χ0n) is 14.5. The van der Waals surface area contributed by atoms with E-state index in [1.165, 1.54) is 4.90 Å². The van der Waals surface area contributed by atoms with Gasteiger partial charge in [0.1, 0.15) is 15.7 Å². The van der Waals surface area contributed by atoms with Crippen molar-refractivity contribution in [2.24, 2.45) is 0 Å². The van der Waals surface area contributed by atoms with Crippen molar-refractivity contribution in [3.05, 3.63) is 41.6 Å². The molecule has 2 rings (SSSR count). The third-order valence-electron chi connectivity index (χ3n) is 3.43. The summed E-state index contributed by atoms with van der Waals surface area (Å²) in [6, 6.07) is 7.55. The summed E-state index contributed by atoms with van der Waals surface area (Å²) in [5.74, 6) is -0.0186. The zero-order valence-corrected chi connectivity index (χ0v) is 15.3. The number of nitrogens with zero attached hydrogens (tertiary/aromatic N) is 3. The van der Waals surface area contributed by atoms with E-state index in [-0.39, 0.29) is 17.5 Å². The molecular formula is C16H19F3N4O2S. The number of halogens is 3. The van der Waals surface area contributed by atoms with Gasteiger partial charge in [0.05, 0.1) is 5.75 Å². The third-order valence-corrected chi connectivity index (χ3v) is 4.38. The Hall–Kier alpha value is -2.36. The molecule has 0 amide bonds. The molecule has 1 heterocycles. The van der Waals surface area contributed by atoms with Gasteiger partial charge in [0.2, 0.25) is 5.95 Å². The van der Waals surface area contributed by atoms with Crippen LogP contribution in [-0.2, 0) is 22.4 Å². The second-order valence-corrected chi connectivity index (χ2v) is 8.29. The summed E-state index contributed by atoms with van der Waals surface area (Å²) >= 11 is 0. The summed E-state index contributed by atoms with van der Waals surface area (Å²) in [5.41, 5.74) is 0.264. The summed E-state index contributed by atoms with van der Waals surface area (Å²) in [4.78, 5) is 9.03. The minimum atomic E-state index is -4.58. The maximum absolute atomic E-state index is 13.0. The minimum absolute atomic E-state index is 0.0305. The largest absolute Gasteiger partial charge is 0.433 e. The van der Waals surface area contributed by atoms with Crippen LogP contribution < -0.4 is 10.2 Å². The van der Waals surface area contributed by atoms with Crippen LogP contribution in [0.1, 0.15) is 11.3 Å². The predicted molar refractivity (Wildman–Crippen MR) is 94.5 cm³/mol. The van der Waals surface area contributed by atoms with Gasteiger partial charge in [-0.15, -0.1) is 0 Å².